The molecule has 2 aromatic rings. The molecule has 28 heavy (non-hydrogen) atoms. The third kappa shape index (κ3) is 5.32. The first kappa shape index (κ1) is 20.8. The van der Waals surface area contributed by atoms with Crippen LogP contribution in [0, 0.1) is 5.82 Å². The van der Waals surface area contributed by atoms with Gasteiger partial charge in [-0.15, -0.1) is 11.3 Å². The largest absolute Gasteiger partial charge is 0.381 e. The molecule has 0 aliphatic carbocycles. The van der Waals surface area contributed by atoms with E-state index in [4.69, 9.17) is 9.73 Å². The molecule has 1 aliphatic rings. The molecule has 0 bridgehead atoms. The van der Waals surface area contributed by atoms with Crippen LogP contribution in [0.2, 0.25) is 0 Å². The molecule has 1 atom stereocenters. The summed E-state index contributed by atoms with van der Waals surface area (Å²) < 4.78 is 19.0. The first-order valence-corrected chi connectivity index (χ1v) is 10.9. The highest BCUT2D eigenvalue weighted by Gasteiger charge is 2.34. The molecule has 0 saturated carbocycles. The van der Waals surface area contributed by atoms with Gasteiger partial charge >= 0.3 is 0 Å². The van der Waals surface area contributed by atoms with Gasteiger partial charge in [0.1, 0.15) is 5.82 Å². The Labute approximate surface area is 171 Å². The molecule has 4 nitrogen and oxygen atoms in total. The quantitative estimate of drug-likeness (QED) is 0.535. The van der Waals surface area contributed by atoms with E-state index in [1.54, 1.807) is 23.5 Å². The summed E-state index contributed by atoms with van der Waals surface area (Å²) in [4.78, 5) is 6.28. The lowest BCUT2D eigenvalue weighted by atomic mass is 9.74. The van der Waals surface area contributed by atoms with Crippen molar-refractivity contribution in [2.75, 3.05) is 32.8 Å². The number of ether oxygens (including phenoxy) is 1. The molecule has 152 valence electrons. The van der Waals surface area contributed by atoms with E-state index in [0.717, 1.165) is 37.5 Å². The lowest BCUT2D eigenvalue weighted by Gasteiger charge is -2.36. The van der Waals surface area contributed by atoms with Crippen LogP contribution in [-0.4, -0.2) is 38.8 Å². The average Bonchev–Trinajstić information content (AvgIpc) is 3.26. The Morgan fingerprint density at radius 3 is 2.61 bits per heavy atom. The molecule has 2 heterocycles. The molecular weight excluding hydrogens is 373 g/mol. The molecule has 6 heteroatoms. The van der Waals surface area contributed by atoms with Crippen molar-refractivity contribution in [1.82, 2.24) is 10.6 Å². The number of thiophene rings is 1. The first-order valence-electron chi connectivity index (χ1n) is 10.0. The van der Waals surface area contributed by atoms with Crippen LogP contribution in [-0.2, 0) is 10.2 Å². The predicted octanol–water partition coefficient (Wildman–Crippen LogP) is 4.29. The van der Waals surface area contributed by atoms with E-state index in [1.165, 1.54) is 4.88 Å². The minimum atomic E-state index is -0.202. The maximum atomic E-state index is 13.4. The number of benzene rings is 1. The number of hydrogen-bond donors (Lipinski definition) is 2. The molecule has 0 amide bonds. The Bertz CT molecular complexity index is 740. The fourth-order valence-electron chi connectivity index (χ4n) is 3.60. The highest BCUT2D eigenvalue weighted by atomic mass is 32.1. The molecule has 3 rings (SSSR count). The van der Waals surface area contributed by atoms with Gasteiger partial charge in [0.2, 0.25) is 0 Å². The highest BCUT2D eigenvalue weighted by molar-refractivity contribution is 7.10. The fourth-order valence-corrected chi connectivity index (χ4v) is 4.38. The van der Waals surface area contributed by atoms with Crippen LogP contribution >= 0.6 is 11.3 Å². The maximum absolute atomic E-state index is 13.4. The zero-order chi connectivity index (χ0) is 19.8. The number of guanidine groups is 1. The van der Waals surface area contributed by atoms with Crippen LogP contribution in [0.4, 0.5) is 4.39 Å². The SMILES string of the molecule is CCNC(=NCC1(c2ccc(F)cc2)CCOCC1)NCC(C)c1cccs1. The Morgan fingerprint density at radius 2 is 1.96 bits per heavy atom. The topological polar surface area (TPSA) is 45.7 Å². The minimum Gasteiger partial charge on any atom is -0.381 e. The third-order valence-corrected chi connectivity index (χ3v) is 6.50. The van der Waals surface area contributed by atoms with Crippen LogP contribution in [0.5, 0.6) is 0 Å². The van der Waals surface area contributed by atoms with Gasteiger partial charge in [0, 0.05) is 42.5 Å². The van der Waals surface area contributed by atoms with E-state index >= 15 is 0 Å². The number of halogens is 1. The van der Waals surface area contributed by atoms with Crippen molar-refractivity contribution in [2.24, 2.45) is 4.99 Å². The summed E-state index contributed by atoms with van der Waals surface area (Å²) in [5.41, 5.74) is 1.04. The van der Waals surface area contributed by atoms with Gasteiger partial charge in [0.25, 0.3) is 0 Å². The van der Waals surface area contributed by atoms with Gasteiger partial charge in [-0.05, 0) is 48.9 Å². The fraction of sp³-hybridized carbons (Fsp3) is 0.500. The van der Waals surface area contributed by atoms with Crippen LogP contribution < -0.4 is 10.6 Å². The average molecular weight is 404 g/mol. The zero-order valence-electron chi connectivity index (χ0n) is 16.7. The van der Waals surface area contributed by atoms with E-state index in [2.05, 4.69) is 42.0 Å². The van der Waals surface area contributed by atoms with Crippen LogP contribution in [0.3, 0.4) is 0 Å². The molecule has 1 saturated heterocycles. The Balaban J connectivity index is 1.71. The summed E-state index contributed by atoms with van der Waals surface area (Å²) >= 11 is 1.79. The summed E-state index contributed by atoms with van der Waals surface area (Å²) in [5, 5.41) is 8.95. The zero-order valence-corrected chi connectivity index (χ0v) is 17.5. The minimum absolute atomic E-state index is 0.104. The second-order valence-corrected chi connectivity index (χ2v) is 8.37. The molecule has 2 N–H and O–H groups in total. The van der Waals surface area contributed by atoms with Crippen molar-refractivity contribution in [1.29, 1.82) is 0 Å². The monoisotopic (exact) mass is 403 g/mol. The van der Waals surface area contributed by atoms with Gasteiger partial charge in [-0.25, -0.2) is 4.39 Å². The van der Waals surface area contributed by atoms with E-state index < -0.39 is 0 Å². The van der Waals surface area contributed by atoms with Crippen molar-refractivity contribution < 1.29 is 9.13 Å². The smallest absolute Gasteiger partial charge is 0.191 e. The van der Waals surface area contributed by atoms with E-state index in [-0.39, 0.29) is 11.2 Å². The number of nitrogens with one attached hydrogen (secondary N) is 2. The number of aliphatic imine (C=N–C) groups is 1. The van der Waals surface area contributed by atoms with Crippen LogP contribution in [0.1, 0.15) is 43.0 Å². The number of hydrogen-bond acceptors (Lipinski definition) is 3. The molecule has 0 spiro atoms. The second-order valence-electron chi connectivity index (χ2n) is 7.39. The predicted molar refractivity (Wildman–Crippen MR) is 115 cm³/mol. The van der Waals surface area contributed by atoms with E-state index in [0.29, 0.717) is 25.7 Å². The molecule has 1 aromatic heterocycles. The van der Waals surface area contributed by atoms with Crippen molar-refractivity contribution in [2.45, 2.75) is 38.0 Å². The highest BCUT2D eigenvalue weighted by Crippen LogP contribution is 2.35. The van der Waals surface area contributed by atoms with Gasteiger partial charge in [0.15, 0.2) is 5.96 Å². The number of rotatable bonds is 7. The molecular formula is C22H30FN3OS. The summed E-state index contributed by atoms with van der Waals surface area (Å²) in [6.45, 7) is 8.03. The molecule has 1 unspecified atom stereocenters. The second kappa shape index (κ2) is 10.0. The number of nitrogens with zero attached hydrogens (tertiary/aromatic N) is 1. The van der Waals surface area contributed by atoms with Gasteiger partial charge in [-0.3, -0.25) is 4.99 Å². The normalized spacial score (nSPS) is 17.9. The van der Waals surface area contributed by atoms with Gasteiger partial charge in [-0.2, -0.15) is 0 Å². The van der Waals surface area contributed by atoms with E-state index in [1.807, 2.05) is 12.1 Å². The first-order chi connectivity index (χ1) is 13.6. The maximum Gasteiger partial charge on any atom is 0.191 e. The molecule has 1 fully saturated rings. The van der Waals surface area contributed by atoms with Crippen molar-refractivity contribution in [3.63, 3.8) is 0 Å². The van der Waals surface area contributed by atoms with Crippen LogP contribution in [0.15, 0.2) is 46.8 Å². The van der Waals surface area contributed by atoms with Crippen molar-refractivity contribution >= 4 is 17.3 Å². The summed E-state index contributed by atoms with van der Waals surface area (Å²) in [7, 11) is 0. The molecule has 0 radical (unpaired) electrons. The van der Waals surface area contributed by atoms with Gasteiger partial charge in [-0.1, -0.05) is 25.1 Å². The van der Waals surface area contributed by atoms with Gasteiger partial charge in [0.05, 0.1) is 6.54 Å². The Hall–Kier alpha value is -1.92. The molecule has 1 aromatic carbocycles. The lowest BCUT2D eigenvalue weighted by Crippen LogP contribution is -2.42. The van der Waals surface area contributed by atoms with Crippen molar-refractivity contribution in [3.8, 4) is 0 Å². The lowest BCUT2D eigenvalue weighted by molar-refractivity contribution is 0.0531. The Kier molecular flexibility index (Phi) is 7.45. The molecule has 1 aliphatic heterocycles. The van der Waals surface area contributed by atoms with Crippen LogP contribution in [0.25, 0.3) is 0 Å². The van der Waals surface area contributed by atoms with Gasteiger partial charge < -0.3 is 15.4 Å². The standard InChI is InChI=1S/C22H30FN3OS/c1-3-24-21(25-15-17(2)20-5-4-14-28-20)26-16-22(10-12-27-13-11-22)18-6-8-19(23)9-7-18/h4-9,14,17H,3,10-13,15-16H2,1-2H3,(H2,24,25,26). The Morgan fingerprint density at radius 1 is 1.21 bits per heavy atom. The van der Waals surface area contributed by atoms with Crippen molar-refractivity contribution in [3.05, 3.63) is 58.0 Å². The summed E-state index contributed by atoms with van der Waals surface area (Å²) in [5.74, 6) is 1.06. The van der Waals surface area contributed by atoms with E-state index in [9.17, 15) is 4.39 Å². The summed E-state index contributed by atoms with van der Waals surface area (Å²) in [6.07, 6.45) is 1.79. The third-order valence-electron chi connectivity index (χ3n) is 5.40. The summed E-state index contributed by atoms with van der Waals surface area (Å²) in [6, 6.07) is 11.1.